The van der Waals surface area contributed by atoms with Gasteiger partial charge in [0.25, 0.3) is 5.91 Å². The van der Waals surface area contributed by atoms with E-state index in [0.717, 1.165) is 6.42 Å². The molecule has 0 aromatic rings. The van der Waals surface area contributed by atoms with Crippen molar-refractivity contribution in [2.75, 3.05) is 13.1 Å². The maximum absolute atomic E-state index is 13.1. The Bertz CT molecular complexity index is 763. The first-order chi connectivity index (χ1) is 11.1. The quantitative estimate of drug-likeness (QED) is 0.562. The highest BCUT2D eigenvalue weighted by Crippen LogP contribution is 2.39. The van der Waals surface area contributed by atoms with Gasteiger partial charge < -0.3 is 15.0 Å². The number of nitrogens with one attached hydrogen (secondary N) is 1. The summed E-state index contributed by atoms with van der Waals surface area (Å²) in [5.74, 6) is -1.41. The summed E-state index contributed by atoms with van der Waals surface area (Å²) < 4.78 is 31.5. The fourth-order valence-electron chi connectivity index (χ4n) is 3.26. The van der Waals surface area contributed by atoms with Crippen molar-refractivity contribution in [2.45, 2.75) is 52.1 Å². The number of carbonyl (C=O) groups excluding carboxylic acids is 2. The Labute approximate surface area is 141 Å². The summed E-state index contributed by atoms with van der Waals surface area (Å²) in [7, 11) is -4.19. The summed E-state index contributed by atoms with van der Waals surface area (Å²) in [5, 5.41) is 2.98. The molecule has 2 saturated heterocycles. The fraction of sp³-hybridized carbons (Fsp3) is 0.625. The van der Waals surface area contributed by atoms with Crippen LogP contribution in [-0.4, -0.2) is 43.9 Å². The number of carbonyl (C=O) groups is 2. The first-order valence-corrected chi connectivity index (χ1v) is 9.62. The molecule has 24 heavy (non-hydrogen) atoms. The highest BCUT2D eigenvalue weighted by atomic mass is 32.2. The second-order valence-electron chi connectivity index (χ2n) is 7.18. The van der Waals surface area contributed by atoms with Crippen molar-refractivity contribution in [1.29, 1.82) is 0 Å². The molecule has 0 atom stereocenters. The molecule has 0 aromatic carbocycles. The molecule has 1 N–H and O–H groups in total. The number of hydrogen-bond acceptors (Lipinski definition) is 6. The van der Waals surface area contributed by atoms with Gasteiger partial charge in [0.15, 0.2) is 9.81 Å². The molecule has 3 aliphatic rings. The number of ether oxygens (including phenoxy) is 1. The Balaban J connectivity index is 2.18. The summed E-state index contributed by atoms with van der Waals surface area (Å²) in [4.78, 5) is 26.1. The summed E-state index contributed by atoms with van der Waals surface area (Å²) in [6, 6.07) is 0. The fourth-order valence-corrected chi connectivity index (χ4v) is 5.09. The lowest BCUT2D eigenvalue weighted by molar-refractivity contribution is -0.149. The molecule has 3 heterocycles. The minimum atomic E-state index is -4.19. The van der Waals surface area contributed by atoms with Gasteiger partial charge in [-0.1, -0.05) is 0 Å². The second-order valence-corrected chi connectivity index (χ2v) is 9.00. The van der Waals surface area contributed by atoms with Gasteiger partial charge in [-0.05, 0) is 46.5 Å². The average molecular weight is 354 g/mol. The van der Waals surface area contributed by atoms with Crippen molar-refractivity contribution in [1.82, 2.24) is 10.2 Å². The van der Waals surface area contributed by atoms with Gasteiger partial charge in [-0.25, -0.2) is 13.2 Å². The van der Waals surface area contributed by atoms with E-state index < -0.39 is 27.3 Å². The Morgan fingerprint density at radius 1 is 1.21 bits per heavy atom. The Morgan fingerprint density at radius 3 is 2.50 bits per heavy atom. The number of esters is 1. The number of fused-ring (bicyclic) bond motifs is 1. The maximum Gasteiger partial charge on any atom is 0.352 e. The summed E-state index contributed by atoms with van der Waals surface area (Å²) in [6.07, 6.45) is 2.28. The lowest BCUT2D eigenvalue weighted by Gasteiger charge is -2.29. The minimum Gasteiger partial charge on any atom is -0.456 e. The lowest BCUT2D eigenvalue weighted by Crippen LogP contribution is -2.41. The number of nitrogens with zero attached hydrogens (tertiary/aromatic N) is 1. The predicted molar refractivity (Wildman–Crippen MR) is 87.0 cm³/mol. The van der Waals surface area contributed by atoms with Gasteiger partial charge in [0.2, 0.25) is 9.84 Å². The molecular weight excluding hydrogens is 332 g/mol. The van der Waals surface area contributed by atoms with Crippen LogP contribution in [0.3, 0.4) is 0 Å². The smallest absolute Gasteiger partial charge is 0.352 e. The zero-order chi connectivity index (χ0) is 17.7. The highest BCUT2D eigenvalue weighted by molar-refractivity contribution is 8.00. The van der Waals surface area contributed by atoms with Gasteiger partial charge in [0.05, 0.1) is 0 Å². The molecule has 0 aromatic heterocycles. The van der Waals surface area contributed by atoms with Gasteiger partial charge in [-0.2, -0.15) is 0 Å². The average Bonchev–Trinajstić information content (AvgIpc) is 3.06. The SMILES string of the molecule is CC(C)(C)OC(=O)C1=C2CCCN2C(=O)/C(=C2/CCCN2)S1(=O)=O. The maximum atomic E-state index is 13.1. The molecule has 0 saturated carbocycles. The first kappa shape index (κ1) is 17.0. The van der Waals surface area contributed by atoms with Crippen molar-refractivity contribution in [3.05, 3.63) is 21.2 Å². The van der Waals surface area contributed by atoms with E-state index in [0.29, 0.717) is 38.0 Å². The van der Waals surface area contributed by atoms with Gasteiger partial charge >= 0.3 is 5.97 Å². The van der Waals surface area contributed by atoms with Crippen molar-refractivity contribution in [3.8, 4) is 0 Å². The molecule has 0 radical (unpaired) electrons. The monoisotopic (exact) mass is 354 g/mol. The van der Waals surface area contributed by atoms with Crippen LogP contribution in [0.1, 0.15) is 46.5 Å². The van der Waals surface area contributed by atoms with E-state index in [9.17, 15) is 18.0 Å². The number of allylic oxidation sites excluding steroid dienone is 2. The van der Waals surface area contributed by atoms with E-state index in [4.69, 9.17) is 4.74 Å². The van der Waals surface area contributed by atoms with Crippen molar-refractivity contribution >= 4 is 21.7 Å². The zero-order valence-electron chi connectivity index (χ0n) is 14.1. The van der Waals surface area contributed by atoms with Crippen LogP contribution in [0.2, 0.25) is 0 Å². The Morgan fingerprint density at radius 2 is 1.92 bits per heavy atom. The largest absolute Gasteiger partial charge is 0.456 e. The molecule has 3 rings (SSSR count). The molecule has 2 fully saturated rings. The van der Waals surface area contributed by atoms with E-state index in [-0.39, 0.29) is 15.5 Å². The van der Waals surface area contributed by atoms with Crippen molar-refractivity contribution < 1.29 is 22.7 Å². The van der Waals surface area contributed by atoms with Crippen LogP contribution in [0.4, 0.5) is 0 Å². The molecule has 8 heteroatoms. The minimum absolute atomic E-state index is 0.275. The lowest BCUT2D eigenvalue weighted by atomic mass is 10.2. The second kappa shape index (κ2) is 5.61. The van der Waals surface area contributed by atoms with Crippen molar-refractivity contribution in [2.24, 2.45) is 0 Å². The molecular formula is C16H22N2O5S. The number of sulfone groups is 1. The summed E-state index contributed by atoms with van der Waals surface area (Å²) in [5.41, 5.74) is -0.132. The first-order valence-electron chi connectivity index (χ1n) is 8.13. The van der Waals surface area contributed by atoms with Crippen LogP contribution >= 0.6 is 0 Å². The predicted octanol–water partition coefficient (Wildman–Crippen LogP) is 1.19. The van der Waals surface area contributed by atoms with Crippen LogP contribution in [0.5, 0.6) is 0 Å². The third kappa shape index (κ3) is 2.72. The van der Waals surface area contributed by atoms with Crippen LogP contribution in [0.25, 0.3) is 0 Å². The van der Waals surface area contributed by atoms with Gasteiger partial charge in [-0.15, -0.1) is 0 Å². The molecule has 0 unspecified atom stereocenters. The van der Waals surface area contributed by atoms with Gasteiger partial charge in [-0.3, -0.25) is 4.79 Å². The molecule has 1 amide bonds. The van der Waals surface area contributed by atoms with E-state index >= 15 is 0 Å². The summed E-state index contributed by atoms with van der Waals surface area (Å²) >= 11 is 0. The van der Waals surface area contributed by atoms with Gasteiger partial charge in [0.1, 0.15) is 5.60 Å². The topological polar surface area (TPSA) is 92.8 Å². The highest BCUT2D eigenvalue weighted by Gasteiger charge is 2.49. The zero-order valence-corrected chi connectivity index (χ0v) is 15.0. The van der Waals surface area contributed by atoms with Gasteiger partial charge in [0, 0.05) is 24.5 Å². The molecule has 0 bridgehead atoms. The Kier molecular flexibility index (Phi) is 3.98. The molecule has 3 aliphatic heterocycles. The van der Waals surface area contributed by atoms with E-state index in [1.807, 2.05) is 0 Å². The number of rotatable bonds is 1. The van der Waals surface area contributed by atoms with E-state index in [2.05, 4.69) is 5.32 Å². The Hall–Kier alpha value is -1.83. The third-order valence-electron chi connectivity index (χ3n) is 4.16. The number of amides is 1. The third-order valence-corrected chi connectivity index (χ3v) is 6.06. The van der Waals surface area contributed by atoms with Crippen LogP contribution < -0.4 is 5.32 Å². The summed E-state index contributed by atoms with van der Waals surface area (Å²) in [6.45, 7) is 6.09. The van der Waals surface area contributed by atoms with Crippen LogP contribution in [-0.2, 0) is 24.2 Å². The molecule has 132 valence electrons. The normalized spacial score (nSPS) is 26.5. The van der Waals surface area contributed by atoms with Crippen LogP contribution in [0, 0.1) is 0 Å². The standard InChI is InChI=1S/C16H22N2O5S/c1-16(2,3)23-15(20)13-11-7-5-9-18(11)14(19)12(24(13,21)22)10-6-4-8-17-10/h17H,4-9H2,1-3H3/b12-10+. The molecule has 0 aliphatic carbocycles. The molecule has 7 nitrogen and oxygen atoms in total. The molecule has 0 spiro atoms. The van der Waals surface area contributed by atoms with E-state index in [1.165, 1.54) is 4.90 Å². The van der Waals surface area contributed by atoms with Crippen molar-refractivity contribution in [3.63, 3.8) is 0 Å². The number of hydrogen-bond donors (Lipinski definition) is 1. The van der Waals surface area contributed by atoms with E-state index in [1.54, 1.807) is 20.8 Å². The van der Waals surface area contributed by atoms with Crippen LogP contribution in [0.15, 0.2) is 21.2 Å².